The van der Waals surface area contributed by atoms with E-state index in [0.717, 1.165) is 11.4 Å². The maximum atomic E-state index is 12.3. The molecule has 130 valence electrons. The van der Waals surface area contributed by atoms with E-state index in [1.165, 1.54) is 11.3 Å². The van der Waals surface area contributed by atoms with Crippen molar-refractivity contribution in [3.63, 3.8) is 0 Å². The number of anilines is 1. The zero-order chi connectivity index (χ0) is 18.0. The second-order valence-corrected chi connectivity index (χ2v) is 6.66. The molecule has 25 heavy (non-hydrogen) atoms. The van der Waals surface area contributed by atoms with E-state index < -0.39 is 0 Å². The maximum absolute atomic E-state index is 12.3. The summed E-state index contributed by atoms with van der Waals surface area (Å²) in [5, 5.41) is 10.4. The molecule has 0 aliphatic heterocycles. The fourth-order valence-corrected chi connectivity index (χ4v) is 3.33. The Labute approximate surface area is 154 Å². The largest absolute Gasteiger partial charge is 0.495 e. The first-order valence-electron chi connectivity index (χ1n) is 7.59. The van der Waals surface area contributed by atoms with Crippen molar-refractivity contribution in [3.8, 4) is 10.9 Å². The molecule has 0 unspecified atom stereocenters. The number of carbonyl (C=O) groups excluding carboxylic acids is 1. The molecule has 1 aromatic carbocycles. The SMILES string of the molecule is COc1ccccc1NC(=O)Cc1csc(-n2nc(C)c(Cl)c2C)n1. The van der Waals surface area contributed by atoms with Gasteiger partial charge in [-0.05, 0) is 26.0 Å². The van der Waals surface area contributed by atoms with Crippen LogP contribution in [0.1, 0.15) is 17.1 Å². The lowest BCUT2D eigenvalue weighted by atomic mass is 10.2. The standard InChI is InChI=1S/C17H17ClN4O2S/c1-10-16(18)11(2)22(21-10)17-19-12(9-25-17)8-15(23)20-13-6-4-5-7-14(13)24-3/h4-7,9H,8H2,1-3H3,(H,20,23). The Kier molecular flexibility index (Phi) is 5.06. The molecule has 0 radical (unpaired) electrons. The number of aromatic nitrogens is 3. The van der Waals surface area contributed by atoms with Gasteiger partial charge in [0.25, 0.3) is 0 Å². The van der Waals surface area contributed by atoms with Crippen LogP contribution in [0.3, 0.4) is 0 Å². The monoisotopic (exact) mass is 376 g/mol. The topological polar surface area (TPSA) is 69.0 Å². The second kappa shape index (κ2) is 7.25. The second-order valence-electron chi connectivity index (χ2n) is 5.44. The highest BCUT2D eigenvalue weighted by Gasteiger charge is 2.15. The van der Waals surface area contributed by atoms with Crippen molar-refractivity contribution < 1.29 is 9.53 Å². The molecule has 0 saturated heterocycles. The number of amides is 1. The van der Waals surface area contributed by atoms with Gasteiger partial charge in [0.05, 0.1) is 41.3 Å². The minimum Gasteiger partial charge on any atom is -0.495 e. The van der Waals surface area contributed by atoms with E-state index in [1.54, 1.807) is 23.9 Å². The third-order valence-corrected chi connectivity index (χ3v) is 5.06. The highest BCUT2D eigenvalue weighted by atomic mass is 35.5. The first-order chi connectivity index (χ1) is 12.0. The number of ether oxygens (including phenoxy) is 1. The van der Waals surface area contributed by atoms with Gasteiger partial charge in [-0.2, -0.15) is 5.10 Å². The molecule has 3 aromatic rings. The minimum absolute atomic E-state index is 0.159. The lowest BCUT2D eigenvalue weighted by Crippen LogP contribution is -2.15. The summed E-state index contributed by atoms with van der Waals surface area (Å²) in [5.74, 6) is 0.458. The van der Waals surface area contributed by atoms with Crippen LogP contribution in [0, 0.1) is 13.8 Å². The van der Waals surface area contributed by atoms with Gasteiger partial charge in [0.1, 0.15) is 5.75 Å². The van der Waals surface area contributed by atoms with Crippen LogP contribution < -0.4 is 10.1 Å². The summed E-state index contributed by atoms with van der Waals surface area (Å²) in [6.07, 6.45) is 0.168. The Hall–Kier alpha value is -2.38. The van der Waals surface area contributed by atoms with Crippen LogP contribution in [0.4, 0.5) is 5.69 Å². The Bertz CT molecular complexity index is 919. The van der Waals surface area contributed by atoms with Gasteiger partial charge in [-0.3, -0.25) is 4.79 Å². The van der Waals surface area contributed by atoms with Crippen molar-refractivity contribution >= 4 is 34.5 Å². The van der Waals surface area contributed by atoms with Gasteiger partial charge in [0.2, 0.25) is 11.0 Å². The fourth-order valence-electron chi connectivity index (χ4n) is 2.39. The number of rotatable bonds is 5. The summed E-state index contributed by atoms with van der Waals surface area (Å²) >= 11 is 7.60. The van der Waals surface area contributed by atoms with Gasteiger partial charge in [0.15, 0.2) is 0 Å². The first-order valence-corrected chi connectivity index (χ1v) is 8.84. The van der Waals surface area contributed by atoms with Crippen LogP contribution in [0.15, 0.2) is 29.6 Å². The smallest absolute Gasteiger partial charge is 0.230 e. The van der Waals surface area contributed by atoms with Crippen molar-refractivity contribution in [2.45, 2.75) is 20.3 Å². The molecule has 0 saturated carbocycles. The Morgan fingerprint density at radius 3 is 2.80 bits per heavy atom. The lowest BCUT2D eigenvalue weighted by Gasteiger charge is -2.09. The molecule has 1 amide bonds. The molecule has 8 heteroatoms. The van der Waals surface area contributed by atoms with Crippen molar-refractivity contribution in [1.29, 1.82) is 0 Å². The number of aryl methyl sites for hydroxylation is 1. The summed E-state index contributed by atoms with van der Waals surface area (Å²) in [6, 6.07) is 7.27. The molecule has 0 bridgehead atoms. The Balaban J connectivity index is 1.73. The predicted octanol–water partition coefficient (Wildman–Crippen LogP) is 3.79. The van der Waals surface area contributed by atoms with Crippen molar-refractivity contribution in [1.82, 2.24) is 14.8 Å². The van der Waals surface area contributed by atoms with E-state index in [0.29, 0.717) is 27.3 Å². The van der Waals surface area contributed by atoms with Crippen molar-refractivity contribution in [2.75, 3.05) is 12.4 Å². The quantitative estimate of drug-likeness (QED) is 0.735. The fraction of sp³-hybridized carbons (Fsp3) is 0.235. The average Bonchev–Trinajstić information content (AvgIpc) is 3.15. The number of para-hydroxylation sites is 2. The summed E-state index contributed by atoms with van der Waals surface area (Å²) in [4.78, 5) is 16.8. The van der Waals surface area contributed by atoms with Crippen LogP contribution in [0.2, 0.25) is 5.02 Å². The zero-order valence-electron chi connectivity index (χ0n) is 14.0. The number of nitrogens with one attached hydrogen (secondary N) is 1. The Morgan fingerprint density at radius 2 is 2.12 bits per heavy atom. The van der Waals surface area contributed by atoms with E-state index in [1.807, 2.05) is 31.4 Å². The van der Waals surface area contributed by atoms with Gasteiger partial charge < -0.3 is 10.1 Å². The number of methoxy groups -OCH3 is 1. The summed E-state index contributed by atoms with van der Waals surface area (Å²) in [6.45, 7) is 3.73. The molecule has 3 rings (SSSR count). The normalized spacial score (nSPS) is 10.7. The van der Waals surface area contributed by atoms with E-state index in [9.17, 15) is 4.79 Å². The van der Waals surface area contributed by atoms with Crippen molar-refractivity contribution in [2.24, 2.45) is 0 Å². The molecule has 0 aliphatic rings. The number of nitrogens with zero attached hydrogens (tertiary/aromatic N) is 3. The van der Waals surface area contributed by atoms with Gasteiger partial charge in [-0.1, -0.05) is 23.7 Å². The van der Waals surface area contributed by atoms with Crippen LogP contribution >= 0.6 is 22.9 Å². The van der Waals surface area contributed by atoms with Gasteiger partial charge >= 0.3 is 0 Å². The number of hydrogen-bond donors (Lipinski definition) is 1. The Morgan fingerprint density at radius 1 is 1.36 bits per heavy atom. The van der Waals surface area contributed by atoms with Crippen molar-refractivity contribution in [3.05, 3.63) is 51.7 Å². The number of thiazole rings is 1. The van der Waals surface area contributed by atoms with Crippen LogP contribution in [-0.4, -0.2) is 27.8 Å². The zero-order valence-corrected chi connectivity index (χ0v) is 15.6. The number of carbonyl (C=O) groups is 1. The minimum atomic E-state index is -0.159. The van der Waals surface area contributed by atoms with Gasteiger partial charge in [-0.25, -0.2) is 9.67 Å². The number of halogens is 1. The molecular weight excluding hydrogens is 360 g/mol. The molecular formula is C17H17ClN4O2S. The highest BCUT2D eigenvalue weighted by molar-refractivity contribution is 7.12. The molecule has 2 aromatic heterocycles. The van der Waals surface area contributed by atoms with E-state index >= 15 is 0 Å². The maximum Gasteiger partial charge on any atom is 0.230 e. The van der Waals surface area contributed by atoms with Crippen LogP contribution in [-0.2, 0) is 11.2 Å². The number of hydrogen-bond acceptors (Lipinski definition) is 5. The van der Waals surface area contributed by atoms with Gasteiger partial charge in [-0.15, -0.1) is 11.3 Å². The molecule has 0 atom stereocenters. The van der Waals surface area contributed by atoms with Crippen LogP contribution in [0.5, 0.6) is 5.75 Å². The van der Waals surface area contributed by atoms with E-state index in [2.05, 4.69) is 15.4 Å². The molecule has 0 aliphatic carbocycles. The molecule has 0 fully saturated rings. The average molecular weight is 377 g/mol. The molecule has 1 N–H and O–H groups in total. The third kappa shape index (κ3) is 3.67. The third-order valence-electron chi connectivity index (χ3n) is 3.65. The molecule has 6 nitrogen and oxygen atoms in total. The lowest BCUT2D eigenvalue weighted by molar-refractivity contribution is -0.115. The molecule has 0 spiro atoms. The summed E-state index contributed by atoms with van der Waals surface area (Å²) in [5.41, 5.74) is 2.90. The van der Waals surface area contributed by atoms with E-state index in [4.69, 9.17) is 16.3 Å². The van der Waals surface area contributed by atoms with Gasteiger partial charge in [0, 0.05) is 5.38 Å². The van der Waals surface area contributed by atoms with Crippen LogP contribution in [0.25, 0.3) is 5.13 Å². The summed E-state index contributed by atoms with van der Waals surface area (Å²) in [7, 11) is 1.57. The number of benzene rings is 1. The summed E-state index contributed by atoms with van der Waals surface area (Å²) < 4.78 is 6.93. The first kappa shape index (κ1) is 17.4. The molecule has 2 heterocycles. The highest BCUT2D eigenvalue weighted by Crippen LogP contribution is 2.25. The predicted molar refractivity (Wildman–Crippen MR) is 99.0 cm³/mol. The van der Waals surface area contributed by atoms with E-state index in [-0.39, 0.29) is 12.3 Å².